The van der Waals surface area contributed by atoms with E-state index in [2.05, 4.69) is 21.2 Å². The molecule has 2 aromatic carbocycles. The highest BCUT2D eigenvalue weighted by Crippen LogP contribution is 2.22. The maximum absolute atomic E-state index is 12.1. The average molecular weight is 435 g/mol. The SMILES string of the molecule is Cc1ccc(NC(=O)CN(C)C(=O)COC(=O)c2cc(Br)ccc2O)cc1. The quantitative estimate of drug-likeness (QED) is 0.681. The van der Waals surface area contributed by atoms with Crippen LogP contribution in [0.5, 0.6) is 5.75 Å². The van der Waals surface area contributed by atoms with Gasteiger partial charge < -0.3 is 20.1 Å². The molecule has 27 heavy (non-hydrogen) atoms. The lowest BCUT2D eigenvalue weighted by Gasteiger charge is -2.17. The van der Waals surface area contributed by atoms with Crippen LogP contribution in [0.1, 0.15) is 15.9 Å². The van der Waals surface area contributed by atoms with E-state index in [9.17, 15) is 19.5 Å². The molecule has 0 spiro atoms. The van der Waals surface area contributed by atoms with E-state index in [-0.39, 0.29) is 23.8 Å². The molecule has 0 atom stereocenters. The van der Waals surface area contributed by atoms with Crippen LogP contribution in [0.15, 0.2) is 46.9 Å². The van der Waals surface area contributed by atoms with Crippen molar-refractivity contribution in [3.8, 4) is 5.75 Å². The molecule has 0 saturated carbocycles. The molecule has 0 saturated heterocycles. The summed E-state index contributed by atoms with van der Waals surface area (Å²) in [6.45, 7) is 1.21. The van der Waals surface area contributed by atoms with E-state index < -0.39 is 18.5 Å². The van der Waals surface area contributed by atoms with Crippen LogP contribution in [0, 0.1) is 6.92 Å². The van der Waals surface area contributed by atoms with Crippen LogP contribution in [0.2, 0.25) is 0 Å². The number of phenolic OH excluding ortho intramolecular Hbond substituents is 1. The van der Waals surface area contributed by atoms with Crippen molar-refractivity contribution in [2.75, 3.05) is 25.5 Å². The Hall–Kier alpha value is -2.87. The predicted molar refractivity (Wildman–Crippen MR) is 104 cm³/mol. The van der Waals surface area contributed by atoms with Crippen molar-refractivity contribution in [2.24, 2.45) is 0 Å². The Morgan fingerprint density at radius 3 is 2.48 bits per heavy atom. The summed E-state index contributed by atoms with van der Waals surface area (Å²) in [5, 5.41) is 12.4. The minimum atomic E-state index is -0.834. The topological polar surface area (TPSA) is 95.9 Å². The summed E-state index contributed by atoms with van der Waals surface area (Å²) < 4.78 is 5.50. The number of esters is 1. The number of nitrogens with zero attached hydrogens (tertiary/aromatic N) is 1. The Bertz CT molecular complexity index is 852. The van der Waals surface area contributed by atoms with E-state index in [0.29, 0.717) is 10.2 Å². The molecule has 0 aromatic heterocycles. The van der Waals surface area contributed by atoms with Crippen molar-refractivity contribution >= 4 is 39.4 Å². The van der Waals surface area contributed by atoms with E-state index in [1.165, 1.54) is 19.2 Å². The molecule has 2 amide bonds. The molecular weight excluding hydrogens is 416 g/mol. The number of carbonyl (C=O) groups excluding carboxylic acids is 3. The first-order valence-electron chi connectivity index (χ1n) is 8.02. The van der Waals surface area contributed by atoms with Crippen molar-refractivity contribution < 1.29 is 24.2 Å². The van der Waals surface area contributed by atoms with Crippen LogP contribution in [0.4, 0.5) is 5.69 Å². The van der Waals surface area contributed by atoms with E-state index in [1.807, 2.05) is 19.1 Å². The first-order chi connectivity index (χ1) is 12.8. The molecule has 2 rings (SSSR count). The molecule has 8 heteroatoms. The largest absolute Gasteiger partial charge is 0.507 e. The molecule has 0 heterocycles. The van der Waals surface area contributed by atoms with Gasteiger partial charge in [0.25, 0.3) is 5.91 Å². The smallest absolute Gasteiger partial charge is 0.342 e. The number of benzene rings is 2. The monoisotopic (exact) mass is 434 g/mol. The third-order valence-corrected chi connectivity index (χ3v) is 4.14. The van der Waals surface area contributed by atoms with Crippen molar-refractivity contribution in [1.29, 1.82) is 0 Å². The van der Waals surface area contributed by atoms with Crippen molar-refractivity contribution in [3.63, 3.8) is 0 Å². The fourth-order valence-corrected chi connectivity index (χ4v) is 2.49. The summed E-state index contributed by atoms with van der Waals surface area (Å²) in [7, 11) is 1.43. The maximum Gasteiger partial charge on any atom is 0.342 e. The molecule has 0 radical (unpaired) electrons. The molecule has 0 unspecified atom stereocenters. The van der Waals surface area contributed by atoms with Gasteiger partial charge in [-0.05, 0) is 37.3 Å². The zero-order valence-electron chi connectivity index (χ0n) is 14.9. The fraction of sp³-hybridized carbons (Fsp3) is 0.211. The van der Waals surface area contributed by atoms with Crippen LogP contribution < -0.4 is 5.32 Å². The summed E-state index contributed by atoms with van der Waals surface area (Å²) in [6, 6.07) is 11.5. The Morgan fingerprint density at radius 1 is 1.15 bits per heavy atom. The number of rotatable bonds is 6. The molecule has 142 valence electrons. The average Bonchev–Trinajstić information content (AvgIpc) is 2.63. The number of aromatic hydroxyl groups is 1. The van der Waals surface area contributed by atoms with E-state index in [1.54, 1.807) is 18.2 Å². The summed E-state index contributed by atoms with van der Waals surface area (Å²) in [5.74, 6) is -2.00. The molecule has 0 bridgehead atoms. The van der Waals surface area contributed by atoms with Crippen molar-refractivity contribution in [1.82, 2.24) is 4.90 Å². The fourth-order valence-electron chi connectivity index (χ4n) is 2.13. The van der Waals surface area contributed by atoms with Crippen LogP contribution >= 0.6 is 15.9 Å². The highest BCUT2D eigenvalue weighted by Gasteiger charge is 2.18. The molecule has 0 aliphatic carbocycles. The van der Waals surface area contributed by atoms with Crippen LogP contribution in [0.3, 0.4) is 0 Å². The predicted octanol–water partition coefficient (Wildman–Crippen LogP) is 2.72. The normalized spacial score (nSPS) is 10.2. The van der Waals surface area contributed by atoms with Gasteiger partial charge in [-0.1, -0.05) is 33.6 Å². The van der Waals surface area contributed by atoms with E-state index >= 15 is 0 Å². The standard InChI is InChI=1S/C19H19BrN2O5/c1-12-3-6-14(7-4-12)21-17(24)10-22(2)18(25)11-27-19(26)15-9-13(20)5-8-16(15)23/h3-9,23H,10-11H2,1-2H3,(H,21,24). The number of carbonyl (C=O) groups is 3. The second-order valence-corrected chi connectivity index (χ2v) is 6.82. The lowest BCUT2D eigenvalue weighted by Crippen LogP contribution is -2.37. The number of ether oxygens (including phenoxy) is 1. The van der Waals surface area contributed by atoms with Gasteiger partial charge in [0.1, 0.15) is 11.3 Å². The Balaban J connectivity index is 1.84. The molecule has 0 aliphatic heterocycles. The second-order valence-electron chi connectivity index (χ2n) is 5.90. The highest BCUT2D eigenvalue weighted by atomic mass is 79.9. The van der Waals surface area contributed by atoms with Crippen molar-refractivity contribution in [3.05, 3.63) is 58.1 Å². The number of aryl methyl sites for hydroxylation is 1. The number of halogens is 1. The summed E-state index contributed by atoms with van der Waals surface area (Å²) in [6.07, 6.45) is 0. The van der Waals surface area contributed by atoms with Gasteiger partial charge in [0.2, 0.25) is 5.91 Å². The van der Waals surface area contributed by atoms with Gasteiger partial charge in [-0.25, -0.2) is 4.79 Å². The van der Waals surface area contributed by atoms with Gasteiger partial charge >= 0.3 is 5.97 Å². The van der Waals surface area contributed by atoms with Gasteiger partial charge in [-0.3, -0.25) is 9.59 Å². The Morgan fingerprint density at radius 2 is 1.81 bits per heavy atom. The van der Waals surface area contributed by atoms with Gasteiger partial charge in [0.15, 0.2) is 6.61 Å². The summed E-state index contributed by atoms with van der Waals surface area (Å²) in [5.41, 5.74) is 1.64. The second kappa shape index (κ2) is 9.18. The number of anilines is 1. The van der Waals surface area contributed by atoms with Gasteiger partial charge in [0.05, 0.1) is 6.54 Å². The minimum Gasteiger partial charge on any atom is -0.507 e. The number of hydrogen-bond acceptors (Lipinski definition) is 5. The molecule has 0 fully saturated rings. The third-order valence-electron chi connectivity index (χ3n) is 3.65. The third kappa shape index (κ3) is 6.10. The molecular formula is C19H19BrN2O5. The molecule has 2 aromatic rings. The lowest BCUT2D eigenvalue weighted by molar-refractivity contribution is -0.136. The van der Waals surface area contributed by atoms with Crippen LogP contribution in [-0.4, -0.2) is 48.0 Å². The molecule has 2 N–H and O–H groups in total. The minimum absolute atomic E-state index is 0.0584. The van der Waals surface area contributed by atoms with Crippen LogP contribution in [0.25, 0.3) is 0 Å². The number of nitrogens with one attached hydrogen (secondary N) is 1. The zero-order chi connectivity index (χ0) is 20.0. The first-order valence-corrected chi connectivity index (χ1v) is 8.81. The Kier molecular flexibility index (Phi) is 6.95. The van der Waals surface area contributed by atoms with Gasteiger partial charge in [-0.2, -0.15) is 0 Å². The molecule has 0 aliphatic rings. The lowest BCUT2D eigenvalue weighted by atomic mass is 10.2. The zero-order valence-corrected chi connectivity index (χ0v) is 16.4. The highest BCUT2D eigenvalue weighted by molar-refractivity contribution is 9.10. The summed E-state index contributed by atoms with van der Waals surface area (Å²) >= 11 is 3.19. The number of phenols is 1. The van der Waals surface area contributed by atoms with Crippen molar-refractivity contribution in [2.45, 2.75) is 6.92 Å². The Labute approximate surface area is 165 Å². The summed E-state index contributed by atoms with van der Waals surface area (Å²) in [4.78, 5) is 37.2. The number of amides is 2. The van der Waals surface area contributed by atoms with Gasteiger partial charge in [0, 0.05) is 17.2 Å². The number of hydrogen-bond donors (Lipinski definition) is 2. The van der Waals surface area contributed by atoms with E-state index in [4.69, 9.17) is 4.74 Å². The number of likely N-dealkylation sites (N-methyl/N-ethyl adjacent to an activating group) is 1. The van der Waals surface area contributed by atoms with Gasteiger partial charge in [-0.15, -0.1) is 0 Å². The first kappa shape index (κ1) is 20.4. The van der Waals surface area contributed by atoms with Crippen LogP contribution in [-0.2, 0) is 14.3 Å². The maximum atomic E-state index is 12.1. The van der Waals surface area contributed by atoms with E-state index in [0.717, 1.165) is 10.5 Å². The molecule has 7 nitrogen and oxygen atoms in total.